The van der Waals surface area contributed by atoms with E-state index in [4.69, 9.17) is 21.1 Å². The van der Waals surface area contributed by atoms with E-state index in [9.17, 15) is 4.79 Å². The zero-order chi connectivity index (χ0) is 18.5. The van der Waals surface area contributed by atoms with Gasteiger partial charge in [0.25, 0.3) is 5.91 Å². The van der Waals surface area contributed by atoms with Gasteiger partial charge in [0.1, 0.15) is 17.2 Å². The Morgan fingerprint density at radius 2 is 2.12 bits per heavy atom. The smallest absolute Gasteiger partial charge is 0.264 e. The van der Waals surface area contributed by atoms with Crippen molar-refractivity contribution in [2.45, 2.75) is 6.92 Å². The molecule has 2 aromatic rings. The van der Waals surface area contributed by atoms with E-state index in [1.54, 1.807) is 31.4 Å². The van der Waals surface area contributed by atoms with Crippen LogP contribution in [0.1, 0.15) is 12.5 Å². The SMILES string of the molecule is CCOc1cccc(/C=C2\SC(=Nc3cc(Cl)ccc3OC)NC2=O)c1. The van der Waals surface area contributed by atoms with E-state index in [2.05, 4.69) is 10.3 Å². The van der Waals surface area contributed by atoms with E-state index in [0.717, 1.165) is 11.3 Å². The van der Waals surface area contributed by atoms with Crippen molar-refractivity contribution in [1.29, 1.82) is 0 Å². The van der Waals surface area contributed by atoms with Gasteiger partial charge in [-0.25, -0.2) is 4.99 Å². The average Bonchev–Trinajstić information content (AvgIpc) is 2.95. The molecule has 1 N–H and O–H groups in total. The molecule has 7 heteroatoms. The maximum absolute atomic E-state index is 12.2. The van der Waals surface area contributed by atoms with Gasteiger partial charge in [-0.2, -0.15) is 0 Å². The van der Waals surface area contributed by atoms with Gasteiger partial charge in [0.2, 0.25) is 0 Å². The number of halogens is 1. The summed E-state index contributed by atoms with van der Waals surface area (Å²) in [5.41, 5.74) is 1.44. The number of amidine groups is 1. The third-order valence-corrected chi connectivity index (χ3v) is 4.63. The molecule has 1 aliphatic heterocycles. The first-order valence-corrected chi connectivity index (χ1v) is 9.14. The predicted octanol–water partition coefficient (Wildman–Crippen LogP) is 4.64. The summed E-state index contributed by atoms with van der Waals surface area (Å²) in [5.74, 6) is 1.15. The lowest BCUT2D eigenvalue weighted by Gasteiger charge is -2.05. The minimum absolute atomic E-state index is 0.198. The van der Waals surface area contributed by atoms with Gasteiger partial charge in [-0.3, -0.25) is 4.79 Å². The average molecular weight is 389 g/mol. The lowest BCUT2D eigenvalue weighted by Crippen LogP contribution is -2.19. The highest BCUT2D eigenvalue weighted by Crippen LogP contribution is 2.34. The lowest BCUT2D eigenvalue weighted by atomic mass is 10.2. The molecule has 26 heavy (non-hydrogen) atoms. The molecular weight excluding hydrogens is 372 g/mol. The number of nitrogens with zero attached hydrogens (tertiary/aromatic N) is 1. The van der Waals surface area contributed by atoms with Gasteiger partial charge in [-0.05, 0) is 60.7 Å². The number of amides is 1. The van der Waals surface area contributed by atoms with Crippen molar-refractivity contribution < 1.29 is 14.3 Å². The van der Waals surface area contributed by atoms with Crippen LogP contribution in [-0.4, -0.2) is 24.8 Å². The summed E-state index contributed by atoms with van der Waals surface area (Å²) in [6, 6.07) is 12.7. The van der Waals surface area contributed by atoms with Gasteiger partial charge in [0, 0.05) is 5.02 Å². The van der Waals surface area contributed by atoms with E-state index < -0.39 is 0 Å². The van der Waals surface area contributed by atoms with Crippen LogP contribution in [0.3, 0.4) is 0 Å². The van der Waals surface area contributed by atoms with E-state index in [0.29, 0.717) is 33.1 Å². The van der Waals surface area contributed by atoms with Crippen LogP contribution in [0, 0.1) is 0 Å². The van der Waals surface area contributed by atoms with Crippen molar-refractivity contribution >= 4 is 46.2 Å². The Morgan fingerprint density at radius 1 is 1.27 bits per heavy atom. The molecule has 0 radical (unpaired) electrons. The van der Waals surface area contributed by atoms with Crippen LogP contribution >= 0.6 is 23.4 Å². The molecule has 1 saturated heterocycles. The van der Waals surface area contributed by atoms with Crippen molar-refractivity contribution in [2.75, 3.05) is 13.7 Å². The fourth-order valence-electron chi connectivity index (χ4n) is 2.35. The number of carbonyl (C=O) groups is 1. The zero-order valence-electron chi connectivity index (χ0n) is 14.3. The Labute approximate surface area is 161 Å². The van der Waals surface area contributed by atoms with Crippen LogP contribution in [0.2, 0.25) is 5.02 Å². The molecule has 2 aromatic carbocycles. The molecule has 0 saturated carbocycles. The zero-order valence-corrected chi connectivity index (χ0v) is 15.9. The highest BCUT2D eigenvalue weighted by Gasteiger charge is 2.24. The van der Waals surface area contributed by atoms with E-state index >= 15 is 0 Å². The number of rotatable bonds is 5. The standard InChI is InChI=1S/C19H17ClN2O3S/c1-3-25-14-6-4-5-12(9-14)10-17-18(23)22-19(26-17)21-15-11-13(20)7-8-16(15)24-2/h4-11H,3H2,1-2H3,(H,21,22,23)/b17-10-. The summed E-state index contributed by atoms with van der Waals surface area (Å²) >= 11 is 7.29. The molecule has 0 aromatic heterocycles. The summed E-state index contributed by atoms with van der Waals surface area (Å²) in [5, 5.41) is 3.78. The Hall–Kier alpha value is -2.44. The number of benzene rings is 2. The maximum atomic E-state index is 12.2. The molecule has 0 atom stereocenters. The molecular formula is C19H17ClN2O3S. The van der Waals surface area contributed by atoms with Crippen LogP contribution in [0.5, 0.6) is 11.5 Å². The monoisotopic (exact) mass is 388 g/mol. The predicted molar refractivity (Wildman–Crippen MR) is 106 cm³/mol. The second kappa shape index (κ2) is 8.29. The Balaban J connectivity index is 1.85. The summed E-state index contributed by atoms with van der Waals surface area (Å²) in [7, 11) is 1.56. The van der Waals surface area contributed by atoms with Crippen molar-refractivity contribution in [1.82, 2.24) is 5.32 Å². The molecule has 5 nitrogen and oxygen atoms in total. The van der Waals surface area contributed by atoms with Gasteiger partial charge < -0.3 is 14.8 Å². The molecule has 0 spiro atoms. The molecule has 134 valence electrons. The molecule has 1 amide bonds. The maximum Gasteiger partial charge on any atom is 0.264 e. The van der Waals surface area contributed by atoms with Gasteiger partial charge in [0.15, 0.2) is 5.17 Å². The lowest BCUT2D eigenvalue weighted by molar-refractivity contribution is -0.115. The van der Waals surface area contributed by atoms with Gasteiger partial charge >= 0.3 is 0 Å². The van der Waals surface area contributed by atoms with Crippen LogP contribution in [0.4, 0.5) is 5.69 Å². The Morgan fingerprint density at radius 3 is 2.88 bits per heavy atom. The fourth-order valence-corrected chi connectivity index (χ4v) is 3.35. The number of thioether (sulfide) groups is 1. The first kappa shape index (κ1) is 18.4. The summed E-state index contributed by atoms with van der Waals surface area (Å²) in [6.45, 7) is 2.52. The number of ether oxygens (including phenoxy) is 2. The minimum atomic E-state index is -0.198. The molecule has 1 aliphatic rings. The minimum Gasteiger partial charge on any atom is -0.494 e. The number of nitrogens with one attached hydrogen (secondary N) is 1. The first-order chi connectivity index (χ1) is 12.6. The third kappa shape index (κ3) is 4.39. The van der Waals surface area contributed by atoms with Crippen molar-refractivity contribution in [3.05, 3.63) is 58.0 Å². The Kier molecular flexibility index (Phi) is 5.85. The summed E-state index contributed by atoms with van der Waals surface area (Å²) < 4.78 is 10.8. The van der Waals surface area contributed by atoms with Crippen LogP contribution < -0.4 is 14.8 Å². The van der Waals surface area contributed by atoms with Gasteiger partial charge in [-0.15, -0.1) is 0 Å². The van der Waals surface area contributed by atoms with Crippen molar-refractivity contribution in [2.24, 2.45) is 4.99 Å². The number of hydrogen-bond donors (Lipinski definition) is 1. The number of methoxy groups -OCH3 is 1. The summed E-state index contributed by atoms with van der Waals surface area (Å²) in [4.78, 5) is 17.2. The van der Waals surface area contributed by atoms with Crippen LogP contribution in [-0.2, 0) is 4.79 Å². The normalized spacial score (nSPS) is 16.8. The molecule has 3 rings (SSSR count). The first-order valence-electron chi connectivity index (χ1n) is 7.95. The topological polar surface area (TPSA) is 59.9 Å². The number of hydrogen-bond acceptors (Lipinski definition) is 5. The fraction of sp³-hybridized carbons (Fsp3) is 0.158. The summed E-state index contributed by atoms with van der Waals surface area (Å²) in [6.07, 6.45) is 1.81. The molecule has 0 bridgehead atoms. The van der Waals surface area contributed by atoms with Crippen LogP contribution in [0.15, 0.2) is 52.4 Å². The van der Waals surface area contributed by atoms with Gasteiger partial charge in [0.05, 0.1) is 18.6 Å². The molecule has 1 heterocycles. The highest BCUT2D eigenvalue weighted by atomic mass is 35.5. The van der Waals surface area contributed by atoms with Gasteiger partial charge in [-0.1, -0.05) is 23.7 Å². The second-order valence-electron chi connectivity index (χ2n) is 5.30. The molecule has 0 unspecified atom stereocenters. The largest absolute Gasteiger partial charge is 0.494 e. The van der Waals surface area contributed by atoms with E-state index in [1.165, 1.54) is 11.8 Å². The molecule has 0 aliphatic carbocycles. The molecule has 1 fully saturated rings. The number of aliphatic imine (C=N–C) groups is 1. The van der Waals surface area contributed by atoms with Crippen LogP contribution in [0.25, 0.3) is 6.08 Å². The second-order valence-corrected chi connectivity index (χ2v) is 6.77. The number of carbonyl (C=O) groups excluding carboxylic acids is 1. The quantitative estimate of drug-likeness (QED) is 0.758. The van der Waals surface area contributed by atoms with Crippen molar-refractivity contribution in [3.8, 4) is 11.5 Å². The van der Waals surface area contributed by atoms with E-state index in [1.807, 2.05) is 31.2 Å². The van der Waals surface area contributed by atoms with E-state index in [-0.39, 0.29) is 5.91 Å². The highest BCUT2D eigenvalue weighted by molar-refractivity contribution is 8.18. The third-order valence-electron chi connectivity index (χ3n) is 3.48. The van der Waals surface area contributed by atoms with Crippen molar-refractivity contribution in [3.63, 3.8) is 0 Å². The Bertz CT molecular complexity index is 896.